The third-order valence-electron chi connectivity index (χ3n) is 2.20. The number of hydrogen-bond acceptors (Lipinski definition) is 2. The van der Waals surface area contributed by atoms with E-state index in [1.807, 2.05) is 6.92 Å². The van der Waals surface area contributed by atoms with Crippen molar-refractivity contribution in [1.82, 2.24) is 5.32 Å². The maximum atomic E-state index is 10.4. The van der Waals surface area contributed by atoms with Gasteiger partial charge in [0.05, 0.1) is 5.60 Å². The number of methoxy groups -OCH3 is 1. The number of hydrogen-bond donors (Lipinski definition) is 2. The van der Waals surface area contributed by atoms with Gasteiger partial charge in [0, 0.05) is 13.2 Å². The van der Waals surface area contributed by atoms with Crippen LogP contribution < -0.4 is 11.1 Å². The van der Waals surface area contributed by atoms with E-state index in [2.05, 4.69) is 5.32 Å². The molecule has 0 radical (unpaired) electrons. The summed E-state index contributed by atoms with van der Waals surface area (Å²) in [6, 6.07) is -0.245. The summed E-state index contributed by atoms with van der Waals surface area (Å²) < 4.78 is 5.19. The van der Waals surface area contributed by atoms with E-state index in [1.165, 1.54) is 0 Å². The first-order valence-electron chi connectivity index (χ1n) is 3.67. The summed E-state index contributed by atoms with van der Waals surface area (Å²) in [5.74, 6) is 0. The molecule has 4 heteroatoms. The molecule has 1 rings (SSSR count). The summed E-state index contributed by atoms with van der Waals surface area (Å²) in [4.78, 5) is 10.4. The summed E-state index contributed by atoms with van der Waals surface area (Å²) in [5.41, 5.74) is 4.89. The lowest BCUT2D eigenvalue weighted by Crippen LogP contribution is -2.55. The van der Waals surface area contributed by atoms with Crippen LogP contribution in [-0.2, 0) is 4.74 Å². The number of primary amides is 1. The Balaban J connectivity index is 2.23. The van der Waals surface area contributed by atoms with Crippen LogP contribution in [0.4, 0.5) is 4.79 Å². The molecular formula is C7H14N2O2. The van der Waals surface area contributed by atoms with Crippen molar-refractivity contribution in [1.29, 1.82) is 0 Å². The Kier molecular flexibility index (Phi) is 2.04. The van der Waals surface area contributed by atoms with Crippen LogP contribution in [-0.4, -0.2) is 24.8 Å². The molecule has 0 unspecified atom stereocenters. The van der Waals surface area contributed by atoms with Crippen molar-refractivity contribution in [2.45, 2.75) is 31.4 Å². The van der Waals surface area contributed by atoms with Crippen LogP contribution in [0.1, 0.15) is 19.8 Å². The predicted molar refractivity (Wildman–Crippen MR) is 41.2 cm³/mol. The molecule has 0 aromatic rings. The first-order valence-corrected chi connectivity index (χ1v) is 3.67. The lowest BCUT2D eigenvalue weighted by molar-refractivity contribution is -0.0718. The molecule has 1 aliphatic rings. The van der Waals surface area contributed by atoms with Crippen LogP contribution in [0, 0.1) is 0 Å². The van der Waals surface area contributed by atoms with Crippen molar-refractivity contribution in [3.8, 4) is 0 Å². The predicted octanol–water partition coefficient (Wildman–Crippen LogP) is 0.222. The monoisotopic (exact) mass is 158 g/mol. The average molecular weight is 158 g/mol. The van der Waals surface area contributed by atoms with Crippen molar-refractivity contribution in [3.05, 3.63) is 0 Å². The quantitative estimate of drug-likeness (QED) is 0.604. The molecule has 3 N–H and O–H groups in total. The van der Waals surface area contributed by atoms with Crippen LogP contribution in [0.5, 0.6) is 0 Å². The Labute approximate surface area is 66.1 Å². The van der Waals surface area contributed by atoms with Crippen LogP contribution in [0.25, 0.3) is 0 Å². The number of carbonyl (C=O) groups is 1. The molecule has 1 saturated carbocycles. The highest BCUT2D eigenvalue weighted by Gasteiger charge is 2.40. The van der Waals surface area contributed by atoms with Gasteiger partial charge in [-0.05, 0) is 19.8 Å². The standard InChI is InChI=1S/C7H14N2O2/c1-7(11-2)3-5(4-7)9-6(8)10/h5H,3-4H2,1-2H3,(H3,8,9,10)/t5-,7-. The molecule has 4 nitrogen and oxygen atoms in total. The van der Waals surface area contributed by atoms with Crippen molar-refractivity contribution in [2.24, 2.45) is 5.73 Å². The van der Waals surface area contributed by atoms with E-state index in [-0.39, 0.29) is 11.6 Å². The molecule has 0 aromatic carbocycles. The summed E-state index contributed by atoms with van der Waals surface area (Å²) in [6.07, 6.45) is 1.71. The maximum Gasteiger partial charge on any atom is 0.312 e. The highest BCUT2D eigenvalue weighted by Crippen LogP contribution is 2.34. The van der Waals surface area contributed by atoms with E-state index in [9.17, 15) is 4.79 Å². The summed E-state index contributed by atoms with van der Waals surface area (Å²) >= 11 is 0. The van der Waals surface area contributed by atoms with Gasteiger partial charge in [0.15, 0.2) is 0 Å². The first-order chi connectivity index (χ1) is 5.06. The molecule has 2 amide bonds. The third kappa shape index (κ3) is 1.83. The van der Waals surface area contributed by atoms with Crippen molar-refractivity contribution in [3.63, 3.8) is 0 Å². The van der Waals surface area contributed by atoms with Crippen molar-refractivity contribution >= 4 is 6.03 Å². The van der Waals surface area contributed by atoms with Crippen LogP contribution >= 0.6 is 0 Å². The van der Waals surface area contributed by atoms with E-state index >= 15 is 0 Å². The zero-order chi connectivity index (χ0) is 8.48. The van der Waals surface area contributed by atoms with Gasteiger partial charge in [-0.25, -0.2) is 4.79 Å². The minimum atomic E-state index is -0.451. The molecule has 0 heterocycles. The van der Waals surface area contributed by atoms with E-state index in [4.69, 9.17) is 10.5 Å². The molecule has 64 valence electrons. The number of nitrogens with one attached hydrogen (secondary N) is 1. The summed E-state index contributed by atoms with van der Waals surface area (Å²) in [7, 11) is 1.68. The molecule has 0 saturated heterocycles. The maximum absolute atomic E-state index is 10.4. The smallest absolute Gasteiger partial charge is 0.312 e. The summed E-state index contributed by atoms with van der Waals surface area (Å²) in [5, 5.41) is 2.63. The second-order valence-corrected chi connectivity index (χ2v) is 3.27. The first kappa shape index (κ1) is 8.33. The fraction of sp³-hybridized carbons (Fsp3) is 0.857. The molecule has 0 atom stereocenters. The minimum Gasteiger partial charge on any atom is -0.378 e. The number of urea groups is 1. The van der Waals surface area contributed by atoms with Crippen molar-refractivity contribution in [2.75, 3.05) is 7.11 Å². The van der Waals surface area contributed by atoms with Crippen LogP contribution in [0.3, 0.4) is 0 Å². The molecule has 11 heavy (non-hydrogen) atoms. The van der Waals surface area contributed by atoms with Gasteiger partial charge < -0.3 is 15.8 Å². The van der Waals surface area contributed by atoms with Crippen LogP contribution in [0.15, 0.2) is 0 Å². The van der Waals surface area contributed by atoms with Gasteiger partial charge in [-0.1, -0.05) is 0 Å². The van der Waals surface area contributed by atoms with Gasteiger partial charge in [0.1, 0.15) is 0 Å². The molecule has 0 spiro atoms. The normalized spacial score (nSPS) is 36.0. The lowest BCUT2D eigenvalue weighted by Gasteiger charge is -2.43. The van der Waals surface area contributed by atoms with Gasteiger partial charge >= 0.3 is 6.03 Å². The molecule has 0 bridgehead atoms. The minimum absolute atomic E-state index is 0.0485. The Morgan fingerprint density at radius 2 is 2.27 bits per heavy atom. The molecular weight excluding hydrogens is 144 g/mol. The largest absolute Gasteiger partial charge is 0.378 e. The SMILES string of the molecule is CO[C@]1(C)C[C@@H](NC(N)=O)C1. The zero-order valence-corrected chi connectivity index (χ0v) is 6.89. The molecule has 0 aromatic heterocycles. The number of ether oxygens (including phenoxy) is 1. The Morgan fingerprint density at radius 1 is 1.73 bits per heavy atom. The Hall–Kier alpha value is -0.770. The molecule has 1 aliphatic carbocycles. The van der Waals surface area contributed by atoms with Gasteiger partial charge in [-0.2, -0.15) is 0 Å². The van der Waals surface area contributed by atoms with E-state index in [0.29, 0.717) is 0 Å². The van der Waals surface area contributed by atoms with Crippen molar-refractivity contribution < 1.29 is 9.53 Å². The topological polar surface area (TPSA) is 64.3 Å². The molecule has 0 aliphatic heterocycles. The van der Waals surface area contributed by atoms with Gasteiger partial charge in [-0.15, -0.1) is 0 Å². The van der Waals surface area contributed by atoms with Crippen LogP contribution in [0.2, 0.25) is 0 Å². The fourth-order valence-corrected chi connectivity index (χ4v) is 1.45. The summed E-state index contributed by atoms with van der Waals surface area (Å²) in [6.45, 7) is 2.02. The second-order valence-electron chi connectivity index (χ2n) is 3.27. The average Bonchev–Trinajstić information content (AvgIpc) is 1.83. The second kappa shape index (κ2) is 2.70. The van der Waals surface area contributed by atoms with E-state index < -0.39 is 6.03 Å². The lowest BCUT2D eigenvalue weighted by atomic mass is 9.77. The molecule has 1 fully saturated rings. The number of carbonyl (C=O) groups excluding carboxylic acids is 1. The van der Waals surface area contributed by atoms with Gasteiger partial charge in [0.25, 0.3) is 0 Å². The number of rotatable bonds is 2. The number of nitrogens with two attached hydrogens (primary N) is 1. The highest BCUT2D eigenvalue weighted by molar-refractivity contribution is 5.72. The zero-order valence-electron chi connectivity index (χ0n) is 6.89. The number of amides is 2. The highest BCUT2D eigenvalue weighted by atomic mass is 16.5. The van der Waals surface area contributed by atoms with E-state index in [1.54, 1.807) is 7.11 Å². The Bertz CT molecular complexity index is 164. The van der Waals surface area contributed by atoms with Gasteiger partial charge in [0.2, 0.25) is 0 Å². The third-order valence-corrected chi connectivity index (χ3v) is 2.20. The fourth-order valence-electron chi connectivity index (χ4n) is 1.45. The Morgan fingerprint density at radius 3 is 2.64 bits per heavy atom. The van der Waals surface area contributed by atoms with Gasteiger partial charge in [-0.3, -0.25) is 0 Å². The van der Waals surface area contributed by atoms with E-state index in [0.717, 1.165) is 12.8 Å².